The van der Waals surface area contributed by atoms with E-state index in [2.05, 4.69) is 20.6 Å². The second-order valence-corrected chi connectivity index (χ2v) is 9.18. The number of hydrogen-bond acceptors (Lipinski definition) is 9. The van der Waals surface area contributed by atoms with Gasteiger partial charge in [-0.05, 0) is 67.8 Å². The van der Waals surface area contributed by atoms with Crippen molar-refractivity contribution >= 4 is 23.2 Å². The summed E-state index contributed by atoms with van der Waals surface area (Å²) in [6.07, 6.45) is 0. The molecular weight excluding hydrogens is 488 g/mol. The molecule has 2 aromatic carbocycles. The lowest BCUT2D eigenvalue weighted by atomic mass is 9.94. The molecule has 1 aliphatic rings. The normalized spacial score (nSPS) is 13.5. The molecule has 0 unspecified atom stereocenters. The molecule has 0 saturated carbocycles. The fourth-order valence-corrected chi connectivity index (χ4v) is 4.18. The van der Waals surface area contributed by atoms with Crippen LogP contribution in [0.3, 0.4) is 0 Å². The van der Waals surface area contributed by atoms with E-state index in [0.717, 1.165) is 22.4 Å². The Labute approximate surface area is 219 Å². The molecule has 0 radical (unpaired) electrons. The van der Waals surface area contributed by atoms with E-state index in [-0.39, 0.29) is 35.1 Å². The van der Waals surface area contributed by atoms with Gasteiger partial charge in [0.25, 0.3) is 11.9 Å². The largest absolute Gasteiger partial charge is 0.479 e. The third kappa shape index (κ3) is 4.98. The number of aromatic nitrogens is 2. The molecule has 10 heteroatoms. The summed E-state index contributed by atoms with van der Waals surface area (Å²) in [6, 6.07) is 16.5. The highest BCUT2D eigenvalue weighted by Crippen LogP contribution is 2.40. The van der Waals surface area contributed by atoms with Crippen molar-refractivity contribution in [2.75, 3.05) is 24.9 Å². The second kappa shape index (κ2) is 10.1. The molecule has 2 aromatic heterocycles. The number of rotatable bonds is 8. The van der Waals surface area contributed by atoms with Crippen molar-refractivity contribution in [3.05, 3.63) is 77.0 Å². The fourth-order valence-electron chi connectivity index (χ4n) is 4.18. The SMILES string of the molecule is COc1nc(Nc2ccccc2)nc(OC)c1NC(=O)c1ccc(Oc2cc3c(cc2C)COC3(C)C)o1. The summed E-state index contributed by atoms with van der Waals surface area (Å²) < 4.78 is 28.4. The third-order valence-electron chi connectivity index (χ3n) is 6.15. The van der Waals surface area contributed by atoms with Gasteiger partial charge in [0.1, 0.15) is 5.75 Å². The van der Waals surface area contributed by atoms with Gasteiger partial charge in [-0.1, -0.05) is 18.2 Å². The minimum Gasteiger partial charge on any atom is -0.479 e. The van der Waals surface area contributed by atoms with Crippen molar-refractivity contribution in [2.24, 2.45) is 0 Å². The quantitative estimate of drug-likeness (QED) is 0.293. The first-order chi connectivity index (χ1) is 18.3. The average molecular weight is 517 g/mol. The van der Waals surface area contributed by atoms with Crippen LogP contribution in [0.2, 0.25) is 0 Å². The number of amides is 1. The summed E-state index contributed by atoms with van der Waals surface area (Å²) in [5.74, 6) is 0.752. The predicted molar refractivity (Wildman–Crippen MR) is 141 cm³/mol. The van der Waals surface area contributed by atoms with E-state index in [4.69, 9.17) is 23.4 Å². The molecule has 0 spiro atoms. The average Bonchev–Trinajstić information content (AvgIpc) is 3.49. The van der Waals surface area contributed by atoms with Crippen LogP contribution >= 0.6 is 0 Å². The van der Waals surface area contributed by atoms with Crippen molar-refractivity contribution in [3.63, 3.8) is 0 Å². The molecule has 0 bridgehead atoms. The number of carbonyl (C=O) groups is 1. The smallest absolute Gasteiger partial charge is 0.291 e. The lowest BCUT2D eigenvalue weighted by Gasteiger charge is -2.19. The molecule has 0 saturated heterocycles. The second-order valence-electron chi connectivity index (χ2n) is 9.18. The third-order valence-corrected chi connectivity index (χ3v) is 6.15. The van der Waals surface area contributed by atoms with Crippen LogP contribution in [0.1, 0.15) is 41.1 Å². The van der Waals surface area contributed by atoms with Crippen molar-refractivity contribution in [2.45, 2.75) is 33.0 Å². The number of fused-ring (bicyclic) bond motifs is 1. The number of anilines is 3. The van der Waals surface area contributed by atoms with Gasteiger partial charge < -0.3 is 34.0 Å². The minimum absolute atomic E-state index is 0.0260. The first-order valence-corrected chi connectivity index (χ1v) is 12.0. The molecule has 38 heavy (non-hydrogen) atoms. The zero-order valence-electron chi connectivity index (χ0n) is 21.7. The van der Waals surface area contributed by atoms with Crippen molar-refractivity contribution in [1.29, 1.82) is 0 Å². The van der Waals surface area contributed by atoms with Crippen molar-refractivity contribution < 1.29 is 28.2 Å². The van der Waals surface area contributed by atoms with E-state index < -0.39 is 11.5 Å². The number of hydrogen-bond donors (Lipinski definition) is 2. The summed E-state index contributed by atoms with van der Waals surface area (Å²) in [5, 5.41) is 5.79. The molecule has 196 valence electrons. The number of aryl methyl sites for hydroxylation is 1. The van der Waals surface area contributed by atoms with E-state index in [1.54, 1.807) is 6.07 Å². The first-order valence-electron chi connectivity index (χ1n) is 12.0. The highest BCUT2D eigenvalue weighted by Gasteiger charge is 2.32. The van der Waals surface area contributed by atoms with Crippen LogP contribution in [0.15, 0.2) is 59.0 Å². The Hall–Kier alpha value is -4.57. The van der Waals surface area contributed by atoms with Crippen LogP contribution in [0.25, 0.3) is 0 Å². The maximum Gasteiger partial charge on any atom is 0.291 e. The molecule has 3 heterocycles. The molecule has 10 nitrogen and oxygen atoms in total. The summed E-state index contributed by atoms with van der Waals surface area (Å²) >= 11 is 0. The summed E-state index contributed by atoms with van der Waals surface area (Å²) in [5.41, 5.74) is 3.67. The standard InChI is InChI=1S/C28H28N4O6/c1-16-13-17-15-36-28(2,3)19(17)14-21(16)38-22-12-11-20(37-22)24(33)30-23-25(34-4)31-27(32-26(23)35-5)29-18-9-7-6-8-10-18/h6-14H,15H2,1-5H3,(H,30,33)(H,29,31,32). The molecule has 4 aromatic rings. The van der Waals surface area contributed by atoms with Gasteiger partial charge in [-0.2, -0.15) is 9.97 Å². The zero-order chi connectivity index (χ0) is 26.9. The van der Waals surface area contributed by atoms with Crippen LogP contribution in [0.4, 0.5) is 17.3 Å². The summed E-state index contributed by atoms with van der Waals surface area (Å²) in [7, 11) is 2.88. The number of carbonyl (C=O) groups excluding carboxylic acids is 1. The highest BCUT2D eigenvalue weighted by atomic mass is 16.6. The summed E-state index contributed by atoms with van der Waals surface area (Å²) in [4.78, 5) is 21.7. The fraction of sp³-hybridized carbons (Fsp3) is 0.250. The molecule has 2 N–H and O–H groups in total. The van der Waals surface area contributed by atoms with E-state index in [1.165, 1.54) is 20.3 Å². The minimum atomic E-state index is -0.552. The Kier molecular flexibility index (Phi) is 6.64. The van der Waals surface area contributed by atoms with Gasteiger partial charge in [0.05, 0.1) is 26.4 Å². The molecule has 1 aliphatic heterocycles. The summed E-state index contributed by atoms with van der Waals surface area (Å²) in [6.45, 7) is 6.55. The lowest BCUT2D eigenvalue weighted by Crippen LogP contribution is -2.15. The Morgan fingerprint density at radius 3 is 2.39 bits per heavy atom. The van der Waals surface area contributed by atoms with Crippen molar-refractivity contribution in [3.8, 4) is 23.5 Å². The topological polar surface area (TPSA) is 117 Å². The van der Waals surface area contributed by atoms with Crippen LogP contribution in [0, 0.1) is 6.92 Å². The lowest BCUT2D eigenvalue weighted by molar-refractivity contribution is -0.00795. The van der Waals surface area contributed by atoms with Gasteiger partial charge >= 0.3 is 0 Å². The van der Waals surface area contributed by atoms with E-state index >= 15 is 0 Å². The molecule has 0 aliphatic carbocycles. The number of nitrogens with one attached hydrogen (secondary N) is 2. The van der Waals surface area contributed by atoms with E-state index in [0.29, 0.717) is 12.4 Å². The molecule has 0 fully saturated rings. The Bertz CT molecular complexity index is 1460. The van der Waals surface area contributed by atoms with Gasteiger partial charge in [-0.15, -0.1) is 0 Å². The van der Waals surface area contributed by atoms with E-state index in [9.17, 15) is 4.79 Å². The van der Waals surface area contributed by atoms with Gasteiger partial charge in [0.2, 0.25) is 17.7 Å². The van der Waals surface area contributed by atoms with Gasteiger partial charge in [0, 0.05) is 11.8 Å². The number of para-hydroxylation sites is 1. The van der Waals surface area contributed by atoms with E-state index in [1.807, 2.05) is 63.2 Å². The monoisotopic (exact) mass is 516 g/mol. The van der Waals surface area contributed by atoms with Gasteiger partial charge in [-0.25, -0.2) is 0 Å². The first kappa shape index (κ1) is 25.1. The van der Waals surface area contributed by atoms with Crippen LogP contribution in [0.5, 0.6) is 23.5 Å². The molecular formula is C28H28N4O6. The number of nitrogens with zero attached hydrogens (tertiary/aromatic N) is 2. The number of ether oxygens (including phenoxy) is 4. The Morgan fingerprint density at radius 2 is 1.71 bits per heavy atom. The number of benzene rings is 2. The van der Waals surface area contributed by atoms with Gasteiger partial charge in [0.15, 0.2) is 11.4 Å². The van der Waals surface area contributed by atoms with Crippen molar-refractivity contribution in [1.82, 2.24) is 9.97 Å². The van der Waals surface area contributed by atoms with Crippen LogP contribution in [-0.4, -0.2) is 30.1 Å². The Balaban J connectivity index is 1.34. The molecule has 0 atom stereocenters. The maximum absolute atomic E-state index is 13.0. The van der Waals surface area contributed by atoms with Crippen LogP contribution < -0.4 is 24.8 Å². The molecule has 5 rings (SSSR count). The molecule has 1 amide bonds. The highest BCUT2D eigenvalue weighted by molar-refractivity contribution is 6.03. The van der Waals surface area contributed by atoms with Crippen LogP contribution in [-0.2, 0) is 16.9 Å². The number of methoxy groups -OCH3 is 2. The zero-order valence-corrected chi connectivity index (χ0v) is 21.7. The van der Waals surface area contributed by atoms with Gasteiger partial charge in [-0.3, -0.25) is 4.79 Å². The number of furan rings is 1. The maximum atomic E-state index is 13.0. The predicted octanol–water partition coefficient (Wildman–Crippen LogP) is 5.95. The Morgan fingerprint density at radius 1 is 1.00 bits per heavy atom.